The van der Waals surface area contributed by atoms with Gasteiger partial charge in [0.15, 0.2) is 5.16 Å². The number of thiophene rings is 1. The molecule has 2 heterocycles. The number of amides is 1. The number of carbonyl (C=O) groups excluding carboxylic acids is 1. The standard InChI is InChI=1S/C19H17ClF3N3O2S2/c1-4-26-17(28)15-9(2)10(3)30-16(15)25-18(26)29-8-14(27)24-13-7-11(19(21,22)23)5-6-12(13)20/h5-7H,4,8H2,1-3H3,(H,24,27). The molecule has 0 atom stereocenters. The summed E-state index contributed by atoms with van der Waals surface area (Å²) in [5, 5.41) is 3.34. The summed E-state index contributed by atoms with van der Waals surface area (Å²) in [6.07, 6.45) is -4.55. The minimum atomic E-state index is -4.55. The van der Waals surface area contributed by atoms with Crippen LogP contribution in [0.5, 0.6) is 0 Å². The van der Waals surface area contributed by atoms with Crippen LogP contribution in [0.1, 0.15) is 22.9 Å². The quantitative estimate of drug-likeness (QED) is 0.391. The average Bonchev–Trinajstić information content (AvgIpc) is 2.95. The van der Waals surface area contributed by atoms with E-state index < -0.39 is 17.6 Å². The van der Waals surface area contributed by atoms with Gasteiger partial charge in [0.2, 0.25) is 5.91 Å². The number of halogens is 4. The Morgan fingerprint density at radius 1 is 1.33 bits per heavy atom. The van der Waals surface area contributed by atoms with Crippen LogP contribution in [0.25, 0.3) is 10.2 Å². The maximum atomic E-state index is 12.9. The van der Waals surface area contributed by atoms with Gasteiger partial charge in [-0.15, -0.1) is 11.3 Å². The SMILES string of the molecule is CCn1c(SCC(=O)Nc2cc(C(F)(F)F)ccc2Cl)nc2sc(C)c(C)c2c1=O. The smallest absolute Gasteiger partial charge is 0.324 e. The summed E-state index contributed by atoms with van der Waals surface area (Å²) < 4.78 is 40.1. The molecule has 1 amide bonds. The van der Waals surface area contributed by atoms with Gasteiger partial charge in [-0.2, -0.15) is 13.2 Å². The molecule has 11 heteroatoms. The van der Waals surface area contributed by atoms with Crippen molar-refractivity contribution in [1.82, 2.24) is 9.55 Å². The molecule has 0 saturated carbocycles. The fourth-order valence-electron chi connectivity index (χ4n) is 2.81. The van der Waals surface area contributed by atoms with Crippen molar-refractivity contribution in [3.8, 4) is 0 Å². The van der Waals surface area contributed by atoms with Gasteiger partial charge in [-0.05, 0) is 44.5 Å². The molecule has 1 aromatic carbocycles. The van der Waals surface area contributed by atoms with E-state index in [9.17, 15) is 22.8 Å². The summed E-state index contributed by atoms with van der Waals surface area (Å²) in [6.45, 7) is 5.96. The zero-order valence-electron chi connectivity index (χ0n) is 16.2. The molecule has 0 fully saturated rings. The van der Waals surface area contributed by atoms with Gasteiger partial charge in [0.25, 0.3) is 5.56 Å². The lowest BCUT2D eigenvalue weighted by atomic mass is 10.2. The van der Waals surface area contributed by atoms with Gasteiger partial charge in [0.05, 0.1) is 27.4 Å². The van der Waals surface area contributed by atoms with E-state index in [4.69, 9.17) is 11.6 Å². The first kappa shape index (κ1) is 22.6. The first-order valence-corrected chi connectivity index (χ1v) is 11.0. The number of rotatable bonds is 5. The lowest BCUT2D eigenvalue weighted by Crippen LogP contribution is -2.23. The second kappa shape index (κ2) is 8.60. The Balaban J connectivity index is 1.82. The van der Waals surface area contributed by atoms with E-state index in [0.29, 0.717) is 21.9 Å². The number of hydrogen-bond acceptors (Lipinski definition) is 5. The highest BCUT2D eigenvalue weighted by molar-refractivity contribution is 7.99. The number of fused-ring (bicyclic) bond motifs is 1. The fraction of sp³-hybridized carbons (Fsp3) is 0.316. The van der Waals surface area contributed by atoms with Crippen molar-refractivity contribution in [1.29, 1.82) is 0 Å². The number of hydrogen-bond donors (Lipinski definition) is 1. The molecule has 0 aliphatic heterocycles. The summed E-state index contributed by atoms with van der Waals surface area (Å²) >= 11 is 8.36. The lowest BCUT2D eigenvalue weighted by Gasteiger charge is -2.12. The Labute approximate surface area is 183 Å². The molecule has 0 radical (unpaired) electrons. The number of nitrogens with one attached hydrogen (secondary N) is 1. The highest BCUT2D eigenvalue weighted by atomic mass is 35.5. The molecule has 0 bridgehead atoms. The molecule has 0 aliphatic carbocycles. The number of aryl methyl sites for hydroxylation is 2. The van der Waals surface area contributed by atoms with Crippen LogP contribution in [0, 0.1) is 13.8 Å². The highest BCUT2D eigenvalue weighted by Gasteiger charge is 2.31. The molecule has 160 valence electrons. The number of anilines is 1. The first-order valence-electron chi connectivity index (χ1n) is 8.82. The van der Waals surface area contributed by atoms with Crippen LogP contribution in [-0.2, 0) is 17.5 Å². The number of carbonyl (C=O) groups is 1. The van der Waals surface area contributed by atoms with Crippen LogP contribution < -0.4 is 10.9 Å². The van der Waals surface area contributed by atoms with Gasteiger partial charge in [0, 0.05) is 11.4 Å². The third-order valence-electron chi connectivity index (χ3n) is 4.47. The van der Waals surface area contributed by atoms with E-state index in [1.165, 1.54) is 15.9 Å². The fourth-order valence-corrected chi connectivity index (χ4v) is 4.91. The van der Waals surface area contributed by atoms with Gasteiger partial charge >= 0.3 is 6.18 Å². The van der Waals surface area contributed by atoms with Crippen LogP contribution in [-0.4, -0.2) is 21.2 Å². The number of thioether (sulfide) groups is 1. The van der Waals surface area contributed by atoms with Crippen LogP contribution in [0.4, 0.5) is 18.9 Å². The summed E-state index contributed by atoms with van der Waals surface area (Å²) in [5.41, 5.74) is -0.320. The van der Waals surface area contributed by atoms with Crippen LogP contribution in [0.2, 0.25) is 5.02 Å². The Bertz CT molecular complexity index is 1190. The van der Waals surface area contributed by atoms with Crippen LogP contribution in [0.15, 0.2) is 28.2 Å². The van der Waals surface area contributed by atoms with E-state index >= 15 is 0 Å². The molecule has 3 aromatic rings. The predicted molar refractivity (Wildman–Crippen MR) is 115 cm³/mol. The van der Waals surface area contributed by atoms with Gasteiger partial charge in [-0.25, -0.2) is 4.98 Å². The summed E-state index contributed by atoms with van der Waals surface area (Å²) in [5.74, 6) is -0.704. The molecule has 30 heavy (non-hydrogen) atoms. The second-order valence-corrected chi connectivity index (χ2v) is 8.99. The second-order valence-electron chi connectivity index (χ2n) is 6.44. The van der Waals surface area contributed by atoms with Crippen molar-refractivity contribution < 1.29 is 18.0 Å². The zero-order chi connectivity index (χ0) is 22.2. The minimum absolute atomic E-state index is 0.00380. The molecular formula is C19H17ClF3N3O2S2. The molecule has 2 aromatic heterocycles. The van der Waals surface area contributed by atoms with Crippen molar-refractivity contribution in [3.63, 3.8) is 0 Å². The third kappa shape index (κ3) is 4.50. The van der Waals surface area contributed by atoms with E-state index in [1.807, 2.05) is 13.8 Å². The monoisotopic (exact) mass is 475 g/mol. The number of nitrogens with zero attached hydrogens (tertiary/aromatic N) is 2. The van der Waals surface area contributed by atoms with E-state index in [0.717, 1.165) is 40.4 Å². The molecule has 3 rings (SSSR count). The van der Waals surface area contributed by atoms with Crippen molar-refractivity contribution in [2.24, 2.45) is 0 Å². The van der Waals surface area contributed by atoms with Gasteiger partial charge < -0.3 is 5.32 Å². The average molecular weight is 476 g/mol. The van der Waals surface area contributed by atoms with Gasteiger partial charge in [0.1, 0.15) is 4.83 Å². The largest absolute Gasteiger partial charge is 0.416 e. The number of benzene rings is 1. The van der Waals surface area contributed by atoms with E-state index in [2.05, 4.69) is 10.3 Å². The molecule has 5 nitrogen and oxygen atoms in total. The topological polar surface area (TPSA) is 64.0 Å². The Morgan fingerprint density at radius 3 is 2.67 bits per heavy atom. The number of aromatic nitrogens is 2. The minimum Gasteiger partial charge on any atom is -0.324 e. The van der Waals surface area contributed by atoms with Crippen molar-refractivity contribution in [2.75, 3.05) is 11.1 Å². The summed E-state index contributed by atoms with van der Waals surface area (Å²) in [7, 11) is 0. The maximum Gasteiger partial charge on any atom is 0.416 e. The molecule has 0 aliphatic rings. The molecule has 0 spiro atoms. The normalized spacial score (nSPS) is 11.8. The molecule has 1 N–H and O–H groups in total. The Hall–Kier alpha value is -2.04. The predicted octanol–water partition coefficient (Wildman–Crippen LogP) is 5.50. The van der Waals surface area contributed by atoms with Gasteiger partial charge in [-0.3, -0.25) is 14.2 Å². The molecular weight excluding hydrogens is 459 g/mol. The van der Waals surface area contributed by atoms with Crippen LogP contribution >= 0.6 is 34.7 Å². The summed E-state index contributed by atoms with van der Waals surface area (Å²) in [6, 6.07) is 2.71. The van der Waals surface area contributed by atoms with E-state index in [1.54, 1.807) is 6.92 Å². The molecule has 0 unspecified atom stereocenters. The third-order valence-corrected chi connectivity index (χ3v) is 6.88. The highest BCUT2D eigenvalue weighted by Crippen LogP contribution is 2.34. The van der Waals surface area contributed by atoms with Crippen molar-refractivity contribution in [3.05, 3.63) is 49.6 Å². The Kier molecular flexibility index (Phi) is 6.49. The maximum absolute atomic E-state index is 12.9. The Morgan fingerprint density at radius 2 is 2.03 bits per heavy atom. The van der Waals surface area contributed by atoms with Crippen LogP contribution in [0.3, 0.4) is 0 Å². The van der Waals surface area contributed by atoms with Crippen molar-refractivity contribution in [2.45, 2.75) is 38.6 Å². The first-order chi connectivity index (χ1) is 14.0. The number of alkyl halides is 3. The molecule has 0 saturated heterocycles. The van der Waals surface area contributed by atoms with Gasteiger partial charge in [-0.1, -0.05) is 23.4 Å². The van der Waals surface area contributed by atoms with E-state index in [-0.39, 0.29) is 22.0 Å². The lowest BCUT2D eigenvalue weighted by molar-refractivity contribution is -0.137. The van der Waals surface area contributed by atoms with Crippen molar-refractivity contribution >= 4 is 56.5 Å². The summed E-state index contributed by atoms with van der Waals surface area (Å²) in [4.78, 5) is 31.3. The zero-order valence-corrected chi connectivity index (χ0v) is 18.6.